The number of benzene rings is 1. The van der Waals surface area contributed by atoms with Crippen LogP contribution < -0.4 is 5.73 Å². The van der Waals surface area contributed by atoms with Gasteiger partial charge in [0, 0.05) is 10.0 Å². The number of hydrogen-bond donors (Lipinski definition) is 1. The van der Waals surface area contributed by atoms with Crippen molar-refractivity contribution in [1.82, 2.24) is 14.6 Å². The minimum Gasteiger partial charge on any atom is -0.385 e. The lowest BCUT2D eigenvalue weighted by Crippen LogP contribution is -1.97. The van der Waals surface area contributed by atoms with Crippen molar-refractivity contribution in [2.75, 3.05) is 5.73 Å². The van der Waals surface area contributed by atoms with E-state index in [1.807, 2.05) is 46.9 Å². The zero-order chi connectivity index (χ0) is 11.8. The van der Waals surface area contributed by atoms with Crippen molar-refractivity contribution in [3.63, 3.8) is 0 Å². The summed E-state index contributed by atoms with van der Waals surface area (Å²) in [6.45, 7) is 0. The molecule has 0 saturated carbocycles. The molecule has 5 heteroatoms. The minimum absolute atomic E-state index is 0.630. The summed E-state index contributed by atoms with van der Waals surface area (Å²) >= 11 is 3.41. The highest BCUT2D eigenvalue weighted by molar-refractivity contribution is 9.10. The molecule has 0 fully saturated rings. The van der Waals surface area contributed by atoms with Crippen LogP contribution in [0.1, 0.15) is 0 Å². The fraction of sp³-hybridized carbons (Fsp3) is 0. The second-order valence-electron chi connectivity index (χ2n) is 3.67. The first-order chi connectivity index (χ1) is 8.25. The van der Waals surface area contributed by atoms with E-state index in [4.69, 9.17) is 5.73 Å². The van der Waals surface area contributed by atoms with Gasteiger partial charge >= 0.3 is 0 Å². The maximum absolute atomic E-state index is 5.94. The molecule has 0 radical (unpaired) electrons. The van der Waals surface area contributed by atoms with Crippen LogP contribution in [0.25, 0.3) is 17.0 Å². The molecule has 0 bridgehead atoms. The van der Waals surface area contributed by atoms with Crippen molar-refractivity contribution < 1.29 is 0 Å². The Morgan fingerprint density at radius 2 is 1.76 bits per heavy atom. The average molecular weight is 289 g/mol. The number of halogens is 1. The lowest BCUT2D eigenvalue weighted by Gasteiger charge is -2.03. The van der Waals surface area contributed by atoms with Gasteiger partial charge in [0.05, 0.1) is 0 Å². The van der Waals surface area contributed by atoms with Crippen LogP contribution in [0.3, 0.4) is 0 Å². The van der Waals surface area contributed by atoms with Gasteiger partial charge in [0.1, 0.15) is 5.82 Å². The van der Waals surface area contributed by atoms with Crippen LogP contribution >= 0.6 is 15.9 Å². The Balaban J connectivity index is 2.27. The number of hydrogen-bond acceptors (Lipinski definition) is 3. The van der Waals surface area contributed by atoms with Gasteiger partial charge < -0.3 is 5.73 Å². The molecule has 2 N–H and O–H groups in total. The molecule has 2 aromatic heterocycles. The number of nitrogen functional groups attached to an aromatic ring is 1. The molecule has 0 aliphatic heterocycles. The standard InChI is InChI=1S/C12H9BrN4/c13-9-6-4-8(5-7-9)12-16-15-11-3-1-2-10(14)17(11)12/h1-7H,14H2. The molecule has 0 aliphatic carbocycles. The maximum Gasteiger partial charge on any atom is 0.169 e. The van der Waals surface area contributed by atoms with Gasteiger partial charge in [0.2, 0.25) is 0 Å². The van der Waals surface area contributed by atoms with Crippen LogP contribution in [0.2, 0.25) is 0 Å². The average Bonchev–Trinajstić information content (AvgIpc) is 2.75. The normalized spacial score (nSPS) is 10.9. The molecule has 4 nitrogen and oxygen atoms in total. The number of aromatic nitrogens is 3. The van der Waals surface area contributed by atoms with Gasteiger partial charge in [0.15, 0.2) is 11.5 Å². The summed E-state index contributed by atoms with van der Waals surface area (Å²) in [5.74, 6) is 1.39. The van der Waals surface area contributed by atoms with Gasteiger partial charge in [-0.3, -0.25) is 4.40 Å². The third-order valence-electron chi connectivity index (χ3n) is 2.56. The van der Waals surface area contributed by atoms with Crippen LogP contribution in [-0.2, 0) is 0 Å². The van der Waals surface area contributed by atoms with Gasteiger partial charge in [-0.05, 0) is 24.3 Å². The molecule has 2 heterocycles. The van der Waals surface area contributed by atoms with Crippen LogP contribution in [0, 0.1) is 0 Å². The van der Waals surface area contributed by atoms with Crippen molar-refractivity contribution >= 4 is 27.4 Å². The van der Waals surface area contributed by atoms with E-state index in [-0.39, 0.29) is 0 Å². The Hall–Kier alpha value is -1.88. The van der Waals surface area contributed by atoms with Crippen molar-refractivity contribution in [2.24, 2.45) is 0 Å². The minimum atomic E-state index is 0.630. The fourth-order valence-corrected chi connectivity index (χ4v) is 2.02. The molecular weight excluding hydrogens is 280 g/mol. The SMILES string of the molecule is Nc1cccc2nnc(-c3ccc(Br)cc3)n12. The Kier molecular flexibility index (Phi) is 2.33. The monoisotopic (exact) mass is 288 g/mol. The van der Waals surface area contributed by atoms with E-state index in [0.717, 1.165) is 21.5 Å². The predicted molar refractivity (Wildman–Crippen MR) is 70.5 cm³/mol. The fourth-order valence-electron chi connectivity index (χ4n) is 1.75. The van der Waals surface area contributed by atoms with E-state index in [1.165, 1.54) is 0 Å². The zero-order valence-electron chi connectivity index (χ0n) is 8.84. The zero-order valence-corrected chi connectivity index (χ0v) is 10.4. The summed E-state index contributed by atoms with van der Waals surface area (Å²) in [5.41, 5.74) is 7.68. The molecule has 17 heavy (non-hydrogen) atoms. The van der Waals surface area contributed by atoms with Crippen molar-refractivity contribution in [2.45, 2.75) is 0 Å². The van der Waals surface area contributed by atoms with E-state index in [0.29, 0.717) is 5.82 Å². The van der Waals surface area contributed by atoms with E-state index >= 15 is 0 Å². The van der Waals surface area contributed by atoms with Gasteiger partial charge in [-0.15, -0.1) is 10.2 Å². The van der Waals surface area contributed by atoms with E-state index in [9.17, 15) is 0 Å². The molecule has 0 spiro atoms. The van der Waals surface area contributed by atoms with Gasteiger partial charge in [-0.2, -0.15) is 0 Å². The second kappa shape index (κ2) is 3.85. The summed E-state index contributed by atoms with van der Waals surface area (Å²) < 4.78 is 2.87. The lowest BCUT2D eigenvalue weighted by molar-refractivity contribution is 1.11. The molecule has 0 amide bonds. The first-order valence-electron chi connectivity index (χ1n) is 5.11. The van der Waals surface area contributed by atoms with Gasteiger partial charge in [-0.1, -0.05) is 34.1 Å². The molecule has 0 unspecified atom stereocenters. The van der Waals surface area contributed by atoms with E-state index in [1.54, 1.807) is 0 Å². The Labute approximate surface area is 106 Å². The first kappa shape index (κ1) is 10.3. The highest BCUT2D eigenvalue weighted by Gasteiger charge is 2.09. The van der Waals surface area contributed by atoms with Crippen molar-refractivity contribution in [3.8, 4) is 11.4 Å². The van der Waals surface area contributed by atoms with E-state index in [2.05, 4.69) is 26.1 Å². The number of anilines is 1. The molecule has 1 aromatic carbocycles. The molecular formula is C12H9BrN4. The highest BCUT2D eigenvalue weighted by atomic mass is 79.9. The lowest BCUT2D eigenvalue weighted by atomic mass is 10.2. The largest absolute Gasteiger partial charge is 0.385 e. The maximum atomic E-state index is 5.94. The quantitative estimate of drug-likeness (QED) is 0.749. The summed E-state index contributed by atoms with van der Waals surface area (Å²) in [6, 6.07) is 13.5. The number of fused-ring (bicyclic) bond motifs is 1. The summed E-state index contributed by atoms with van der Waals surface area (Å²) in [5, 5.41) is 8.27. The third-order valence-corrected chi connectivity index (χ3v) is 3.09. The number of nitrogens with two attached hydrogens (primary N) is 1. The third kappa shape index (κ3) is 1.68. The van der Waals surface area contributed by atoms with E-state index < -0.39 is 0 Å². The molecule has 84 valence electrons. The van der Waals surface area contributed by atoms with Crippen LogP contribution in [0.4, 0.5) is 5.82 Å². The van der Waals surface area contributed by atoms with Gasteiger partial charge in [-0.25, -0.2) is 0 Å². The molecule has 3 aromatic rings. The number of rotatable bonds is 1. The summed E-state index contributed by atoms with van der Waals surface area (Å²) in [4.78, 5) is 0. The Morgan fingerprint density at radius 3 is 2.53 bits per heavy atom. The molecule has 0 aliphatic rings. The predicted octanol–water partition coefficient (Wildman–Crippen LogP) is 2.74. The first-order valence-corrected chi connectivity index (χ1v) is 5.90. The summed E-state index contributed by atoms with van der Waals surface area (Å²) in [6.07, 6.45) is 0. The van der Waals surface area contributed by atoms with Crippen LogP contribution in [-0.4, -0.2) is 14.6 Å². The summed E-state index contributed by atoms with van der Waals surface area (Å²) in [7, 11) is 0. The second-order valence-corrected chi connectivity index (χ2v) is 4.59. The molecule has 0 atom stereocenters. The number of pyridine rings is 1. The van der Waals surface area contributed by atoms with Crippen molar-refractivity contribution in [3.05, 3.63) is 46.9 Å². The molecule has 0 saturated heterocycles. The van der Waals surface area contributed by atoms with Gasteiger partial charge in [0.25, 0.3) is 0 Å². The smallest absolute Gasteiger partial charge is 0.169 e. The molecule has 3 rings (SSSR count). The Bertz CT molecular complexity index is 673. The van der Waals surface area contributed by atoms with Crippen LogP contribution in [0.15, 0.2) is 46.9 Å². The topological polar surface area (TPSA) is 56.2 Å². The Morgan fingerprint density at radius 1 is 1.00 bits per heavy atom. The highest BCUT2D eigenvalue weighted by Crippen LogP contribution is 2.22. The van der Waals surface area contributed by atoms with Crippen molar-refractivity contribution in [1.29, 1.82) is 0 Å². The van der Waals surface area contributed by atoms with Crippen LogP contribution in [0.5, 0.6) is 0 Å². The number of nitrogens with zero attached hydrogens (tertiary/aromatic N) is 3.